The Morgan fingerprint density at radius 3 is 1.52 bits per heavy atom. The third kappa shape index (κ3) is 3.76. The summed E-state index contributed by atoms with van der Waals surface area (Å²) < 4.78 is 2.60. The third-order valence-electron chi connectivity index (χ3n) is 7.48. The van der Waals surface area contributed by atoms with Gasteiger partial charge < -0.3 is 4.57 Å². The lowest BCUT2D eigenvalue weighted by Gasteiger charge is -2.35. The van der Waals surface area contributed by atoms with Gasteiger partial charge in [0.15, 0.2) is 0 Å². The highest BCUT2D eigenvalue weighted by molar-refractivity contribution is 6.10. The van der Waals surface area contributed by atoms with Crippen LogP contribution in [0, 0.1) is 5.92 Å². The van der Waals surface area contributed by atoms with Gasteiger partial charge in [0.05, 0.1) is 0 Å². The molecule has 0 aliphatic rings. The maximum absolute atomic E-state index is 2.60. The molecular weight excluding hydrogens is 398 g/mol. The molecule has 0 radical (unpaired) electrons. The van der Waals surface area contributed by atoms with Crippen LogP contribution < -0.4 is 0 Å². The average Bonchev–Trinajstić information content (AvgIpc) is 3.19. The fraction of sp³-hybridized carbons (Fsp3) is 0.250. The zero-order valence-corrected chi connectivity index (χ0v) is 20.2. The van der Waals surface area contributed by atoms with E-state index in [0.717, 1.165) is 0 Å². The molecule has 0 amide bonds. The van der Waals surface area contributed by atoms with Gasteiger partial charge >= 0.3 is 0 Å². The molecule has 0 spiro atoms. The molecule has 5 aromatic rings. The lowest BCUT2D eigenvalue weighted by molar-refractivity contribution is 0.232. The van der Waals surface area contributed by atoms with Crippen LogP contribution in [0.4, 0.5) is 0 Å². The smallest absolute Gasteiger partial charge is 0.0496 e. The number of aromatic nitrogens is 1. The molecule has 0 N–H and O–H groups in total. The van der Waals surface area contributed by atoms with E-state index in [0.29, 0.717) is 5.92 Å². The molecule has 1 aromatic heterocycles. The highest BCUT2D eigenvalue weighted by Crippen LogP contribution is 2.41. The molecule has 0 bridgehead atoms. The summed E-state index contributed by atoms with van der Waals surface area (Å²) in [4.78, 5) is 0. The number of fused-ring (bicyclic) bond motifs is 3. The normalized spacial score (nSPS) is 13.0. The van der Waals surface area contributed by atoms with Crippen molar-refractivity contribution in [2.24, 2.45) is 5.92 Å². The molecule has 0 aliphatic carbocycles. The van der Waals surface area contributed by atoms with E-state index in [9.17, 15) is 0 Å². The first-order valence-corrected chi connectivity index (χ1v) is 12.2. The predicted molar refractivity (Wildman–Crippen MR) is 144 cm³/mol. The van der Waals surface area contributed by atoms with Crippen LogP contribution in [-0.2, 0) is 5.54 Å². The van der Waals surface area contributed by atoms with Crippen LogP contribution in [0.25, 0.3) is 44.1 Å². The van der Waals surface area contributed by atoms with E-state index in [2.05, 4.69) is 129 Å². The summed E-state index contributed by atoms with van der Waals surface area (Å²) in [5, 5.41) is 2.67. The maximum atomic E-state index is 2.60. The molecular formula is C32H33N. The minimum Gasteiger partial charge on any atom is -0.335 e. The van der Waals surface area contributed by atoms with Gasteiger partial charge in [-0.1, -0.05) is 93.1 Å². The van der Waals surface area contributed by atoms with Crippen LogP contribution in [0.5, 0.6) is 0 Å². The van der Waals surface area contributed by atoms with Gasteiger partial charge in [-0.05, 0) is 72.7 Å². The van der Waals surface area contributed by atoms with Crippen molar-refractivity contribution in [3.8, 4) is 22.3 Å². The van der Waals surface area contributed by atoms with E-state index in [-0.39, 0.29) is 5.54 Å². The molecule has 0 aliphatic heterocycles. The summed E-state index contributed by atoms with van der Waals surface area (Å²) >= 11 is 0. The topological polar surface area (TPSA) is 4.93 Å². The number of nitrogens with zero attached hydrogens (tertiary/aromatic N) is 1. The molecule has 0 saturated carbocycles. The second kappa shape index (κ2) is 8.56. The number of hydrogen-bond donors (Lipinski definition) is 0. The Morgan fingerprint density at radius 2 is 1.09 bits per heavy atom. The van der Waals surface area contributed by atoms with Gasteiger partial charge in [-0.15, -0.1) is 0 Å². The summed E-state index contributed by atoms with van der Waals surface area (Å²) in [5.41, 5.74) is 7.72. The summed E-state index contributed by atoms with van der Waals surface area (Å²) in [6.07, 6.45) is 2.43. The third-order valence-corrected chi connectivity index (χ3v) is 7.48. The molecule has 1 heterocycles. The monoisotopic (exact) mass is 431 g/mol. The van der Waals surface area contributed by atoms with Crippen LogP contribution in [-0.4, -0.2) is 4.57 Å². The van der Waals surface area contributed by atoms with E-state index in [1.807, 2.05) is 0 Å². The fourth-order valence-electron chi connectivity index (χ4n) is 5.27. The molecule has 1 atom stereocenters. The largest absolute Gasteiger partial charge is 0.335 e. The van der Waals surface area contributed by atoms with Crippen molar-refractivity contribution < 1.29 is 0 Å². The van der Waals surface area contributed by atoms with Crippen molar-refractivity contribution in [3.05, 3.63) is 97.1 Å². The van der Waals surface area contributed by atoms with Crippen LogP contribution >= 0.6 is 0 Å². The molecule has 1 nitrogen and oxygen atoms in total. The zero-order valence-electron chi connectivity index (χ0n) is 20.2. The zero-order chi connectivity index (χ0) is 23.0. The first-order chi connectivity index (χ1) is 16.0. The molecule has 166 valence electrons. The molecule has 1 heteroatoms. The highest BCUT2D eigenvalue weighted by atomic mass is 15.1. The Balaban J connectivity index is 1.80. The molecule has 1 unspecified atom stereocenters. The average molecular weight is 432 g/mol. The highest BCUT2D eigenvalue weighted by Gasteiger charge is 2.30. The van der Waals surface area contributed by atoms with E-state index in [1.54, 1.807) is 0 Å². The van der Waals surface area contributed by atoms with E-state index < -0.39 is 0 Å². The standard InChI is InChI=1S/C32H33N/c1-5-12-23(2)32(3,4)33-30-19-17-26(24-13-8-6-9-14-24)21-28(30)29-22-27(18-20-31(29)33)25-15-10-7-11-16-25/h6-11,13-23H,5,12H2,1-4H3. The number of hydrogen-bond acceptors (Lipinski definition) is 0. The van der Waals surface area contributed by atoms with Gasteiger partial charge in [0.2, 0.25) is 0 Å². The van der Waals surface area contributed by atoms with Gasteiger partial charge in [-0.25, -0.2) is 0 Å². The second-order valence-electron chi connectivity index (χ2n) is 9.87. The SMILES string of the molecule is CCCC(C)C(C)(C)n1c2ccc(-c3ccccc3)cc2c2cc(-c3ccccc3)ccc21. The lowest BCUT2D eigenvalue weighted by atomic mass is 9.85. The first kappa shape index (κ1) is 21.5. The minimum absolute atomic E-state index is 0.0124. The van der Waals surface area contributed by atoms with Crippen molar-refractivity contribution in [2.45, 2.75) is 46.1 Å². The van der Waals surface area contributed by atoms with Gasteiger partial charge in [0.1, 0.15) is 0 Å². The van der Waals surface area contributed by atoms with Gasteiger partial charge in [0, 0.05) is 27.3 Å². The fourth-order valence-corrected chi connectivity index (χ4v) is 5.27. The van der Waals surface area contributed by atoms with Crippen LogP contribution in [0.1, 0.15) is 40.5 Å². The molecule has 33 heavy (non-hydrogen) atoms. The number of rotatable bonds is 6. The Hall–Kier alpha value is -3.32. The Labute approximate surface area is 197 Å². The summed E-state index contributed by atoms with van der Waals surface area (Å²) in [5.74, 6) is 0.573. The van der Waals surface area contributed by atoms with E-state index in [1.165, 1.54) is 56.9 Å². The van der Waals surface area contributed by atoms with E-state index >= 15 is 0 Å². The minimum atomic E-state index is 0.0124. The predicted octanol–water partition coefficient (Wildman–Crippen LogP) is 9.30. The van der Waals surface area contributed by atoms with Crippen LogP contribution in [0.3, 0.4) is 0 Å². The first-order valence-electron chi connectivity index (χ1n) is 12.2. The van der Waals surface area contributed by atoms with E-state index in [4.69, 9.17) is 0 Å². The quantitative estimate of drug-likeness (QED) is 0.252. The Bertz CT molecular complexity index is 1290. The van der Waals surface area contributed by atoms with Gasteiger partial charge in [0.25, 0.3) is 0 Å². The number of benzene rings is 4. The molecule has 0 fully saturated rings. The molecule has 0 saturated heterocycles. The molecule has 4 aromatic carbocycles. The molecule has 5 rings (SSSR count). The van der Waals surface area contributed by atoms with Crippen molar-refractivity contribution in [2.75, 3.05) is 0 Å². The van der Waals surface area contributed by atoms with Crippen LogP contribution in [0.2, 0.25) is 0 Å². The van der Waals surface area contributed by atoms with Crippen molar-refractivity contribution in [1.29, 1.82) is 0 Å². The summed E-state index contributed by atoms with van der Waals surface area (Å²) in [6, 6.07) is 35.4. The Kier molecular flexibility index (Phi) is 5.58. The van der Waals surface area contributed by atoms with Crippen LogP contribution in [0.15, 0.2) is 97.1 Å². The Morgan fingerprint density at radius 1 is 0.636 bits per heavy atom. The lowest BCUT2D eigenvalue weighted by Crippen LogP contribution is -2.33. The van der Waals surface area contributed by atoms with Gasteiger partial charge in [-0.3, -0.25) is 0 Å². The van der Waals surface area contributed by atoms with Crippen molar-refractivity contribution in [1.82, 2.24) is 4.57 Å². The summed E-state index contributed by atoms with van der Waals surface area (Å²) in [7, 11) is 0. The van der Waals surface area contributed by atoms with Crippen molar-refractivity contribution in [3.63, 3.8) is 0 Å². The second-order valence-corrected chi connectivity index (χ2v) is 9.87. The van der Waals surface area contributed by atoms with Crippen molar-refractivity contribution >= 4 is 21.8 Å². The maximum Gasteiger partial charge on any atom is 0.0496 e. The van der Waals surface area contributed by atoms with Gasteiger partial charge in [-0.2, -0.15) is 0 Å². The summed E-state index contributed by atoms with van der Waals surface area (Å²) in [6.45, 7) is 9.50.